The summed E-state index contributed by atoms with van der Waals surface area (Å²) in [5, 5.41) is 2.68. The van der Waals surface area contributed by atoms with Gasteiger partial charge in [-0.1, -0.05) is 38.2 Å². The number of Topliss-reactive ketones (excluding diaryl/α,β-unsaturated/α-hetero) is 1. The van der Waals surface area contributed by atoms with Gasteiger partial charge in [0.25, 0.3) is 0 Å². The van der Waals surface area contributed by atoms with Gasteiger partial charge in [0.1, 0.15) is 6.10 Å². The SMILES string of the molecule is CO[C@H]1[C@@H](OC)C[C@H](C)[C@@H](OC)C2=CC(=O)CC(NC(=O)/C(C)=C/C=C\[C@H](OC)[C@@H](OC(N)=O)/C(C)=C/[C@@H]1C)C2=O. The molecule has 0 aromatic rings. The van der Waals surface area contributed by atoms with Crippen LogP contribution in [0.1, 0.15) is 40.5 Å². The zero-order valence-electron chi connectivity index (χ0n) is 25.2. The molecule has 0 saturated carbocycles. The Hall–Kier alpha value is -3.12. The van der Waals surface area contributed by atoms with Crippen LogP contribution in [0.2, 0.25) is 0 Å². The molecule has 0 saturated heterocycles. The van der Waals surface area contributed by atoms with Crippen LogP contribution < -0.4 is 11.1 Å². The number of amides is 2. The maximum Gasteiger partial charge on any atom is 0.405 e. The van der Waals surface area contributed by atoms with Crippen LogP contribution in [0.25, 0.3) is 0 Å². The van der Waals surface area contributed by atoms with Crippen molar-refractivity contribution in [2.24, 2.45) is 17.6 Å². The minimum Gasteiger partial charge on any atom is -0.439 e. The standard InChI is InChI=1S/C30H44N2O9/c1-16-10-9-11-23(37-5)28(41-30(31)36)18(3)12-17(2)27(40-8)24(38-6)13-19(4)26(39-7)21-14-20(33)15-22(25(21)34)32-29(16)35/h9-12,14,17,19,22-24,26-28H,13,15H2,1-8H3,(H2,31,36)(H,32,35)/b11-9-,16-10+,18-12+/t17-,19-,22?,23-,24-,26+,27+,28-/m0/s1. The first kappa shape index (κ1) is 34.1. The van der Waals surface area contributed by atoms with Crippen LogP contribution >= 0.6 is 0 Å². The van der Waals surface area contributed by atoms with Gasteiger partial charge in [0, 0.05) is 51.9 Å². The van der Waals surface area contributed by atoms with E-state index in [1.54, 1.807) is 40.2 Å². The van der Waals surface area contributed by atoms with Gasteiger partial charge in [-0.25, -0.2) is 4.79 Å². The molecular formula is C30H44N2O9. The van der Waals surface area contributed by atoms with Crippen molar-refractivity contribution in [3.05, 3.63) is 47.1 Å². The Labute approximate surface area is 242 Å². The van der Waals surface area contributed by atoms with Gasteiger partial charge >= 0.3 is 6.09 Å². The molecule has 2 bridgehead atoms. The summed E-state index contributed by atoms with van der Waals surface area (Å²) in [6.45, 7) is 7.23. The fourth-order valence-electron chi connectivity index (χ4n) is 5.47. The van der Waals surface area contributed by atoms with Gasteiger partial charge in [-0.05, 0) is 37.8 Å². The lowest BCUT2D eigenvalue weighted by Gasteiger charge is -2.34. The zero-order valence-corrected chi connectivity index (χ0v) is 25.2. The highest BCUT2D eigenvalue weighted by Crippen LogP contribution is 2.30. The second kappa shape index (κ2) is 15.8. The van der Waals surface area contributed by atoms with E-state index in [1.165, 1.54) is 26.4 Å². The molecular weight excluding hydrogens is 532 g/mol. The quantitative estimate of drug-likeness (QED) is 0.470. The number of nitrogens with two attached hydrogens (primary N) is 1. The predicted octanol–water partition coefficient (Wildman–Crippen LogP) is 2.59. The molecule has 1 heterocycles. The molecule has 1 aliphatic heterocycles. The van der Waals surface area contributed by atoms with Crippen molar-refractivity contribution in [3.63, 3.8) is 0 Å². The topological polar surface area (TPSA) is 152 Å². The molecule has 0 radical (unpaired) electrons. The van der Waals surface area contributed by atoms with E-state index in [2.05, 4.69) is 5.32 Å². The molecule has 1 aliphatic carbocycles. The molecule has 1 unspecified atom stereocenters. The number of rotatable bonds is 5. The highest BCUT2D eigenvalue weighted by molar-refractivity contribution is 6.13. The largest absolute Gasteiger partial charge is 0.439 e. The van der Waals surface area contributed by atoms with Gasteiger partial charge in [0.2, 0.25) is 5.91 Å². The molecule has 0 fully saturated rings. The third-order valence-electron chi connectivity index (χ3n) is 7.56. The molecule has 11 heteroatoms. The first-order valence-corrected chi connectivity index (χ1v) is 13.6. The number of ketones is 2. The van der Waals surface area contributed by atoms with Crippen LogP contribution in [0, 0.1) is 11.8 Å². The Morgan fingerprint density at radius 2 is 1.66 bits per heavy atom. The molecule has 0 aromatic heterocycles. The Kier molecular flexibility index (Phi) is 13.1. The number of methoxy groups -OCH3 is 4. The first-order valence-electron chi connectivity index (χ1n) is 13.6. The number of hydrogen-bond acceptors (Lipinski definition) is 9. The van der Waals surface area contributed by atoms with Crippen molar-refractivity contribution in [2.45, 2.75) is 77.1 Å². The number of primary amides is 1. The van der Waals surface area contributed by atoms with Crippen molar-refractivity contribution in [1.29, 1.82) is 0 Å². The van der Waals surface area contributed by atoms with E-state index in [0.29, 0.717) is 17.6 Å². The first-order chi connectivity index (χ1) is 19.4. The highest BCUT2D eigenvalue weighted by atomic mass is 16.6. The molecule has 2 amide bonds. The molecule has 2 rings (SSSR count). The van der Waals surface area contributed by atoms with Crippen LogP contribution in [-0.4, -0.2) is 88.6 Å². The maximum absolute atomic E-state index is 13.5. The van der Waals surface area contributed by atoms with Crippen LogP contribution in [-0.2, 0) is 38.1 Å². The van der Waals surface area contributed by atoms with Gasteiger partial charge in [-0.15, -0.1) is 0 Å². The lowest BCUT2D eigenvalue weighted by Crippen LogP contribution is -2.48. The van der Waals surface area contributed by atoms with Crippen molar-refractivity contribution >= 4 is 23.6 Å². The van der Waals surface area contributed by atoms with E-state index in [4.69, 9.17) is 29.4 Å². The van der Waals surface area contributed by atoms with E-state index in [9.17, 15) is 19.2 Å². The number of allylic oxidation sites excluding steroid dienone is 3. The molecule has 0 spiro atoms. The average molecular weight is 577 g/mol. The van der Waals surface area contributed by atoms with E-state index in [0.717, 1.165) is 0 Å². The Morgan fingerprint density at radius 3 is 2.22 bits per heavy atom. The van der Waals surface area contributed by atoms with Gasteiger partial charge in [-0.2, -0.15) is 0 Å². The summed E-state index contributed by atoms with van der Waals surface area (Å²) in [6.07, 6.45) is 4.13. The molecule has 228 valence electrons. The lowest BCUT2D eigenvalue weighted by atomic mass is 9.81. The fourth-order valence-corrected chi connectivity index (χ4v) is 5.47. The summed E-state index contributed by atoms with van der Waals surface area (Å²) in [4.78, 5) is 50.8. The summed E-state index contributed by atoms with van der Waals surface area (Å²) >= 11 is 0. The fraction of sp³-hybridized carbons (Fsp3) is 0.600. The van der Waals surface area contributed by atoms with Crippen molar-refractivity contribution < 1.29 is 42.9 Å². The third kappa shape index (κ3) is 8.93. The molecule has 41 heavy (non-hydrogen) atoms. The molecule has 8 atom stereocenters. The molecule has 0 aromatic carbocycles. The summed E-state index contributed by atoms with van der Waals surface area (Å²) < 4.78 is 28.5. The second-order valence-corrected chi connectivity index (χ2v) is 10.6. The summed E-state index contributed by atoms with van der Waals surface area (Å²) in [7, 11) is 6.09. The maximum atomic E-state index is 13.5. The lowest BCUT2D eigenvalue weighted by molar-refractivity contribution is -0.128. The number of hydrogen-bond donors (Lipinski definition) is 2. The number of carbonyl (C=O) groups excluding carboxylic acids is 4. The van der Waals surface area contributed by atoms with Gasteiger partial charge in [0.05, 0.1) is 24.4 Å². The van der Waals surface area contributed by atoms with Crippen LogP contribution in [0.4, 0.5) is 4.79 Å². The Bertz CT molecular complexity index is 1090. The van der Waals surface area contributed by atoms with Crippen molar-refractivity contribution in [2.75, 3.05) is 28.4 Å². The monoisotopic (exact) mass is 576 g/mol. The van der Waals surface area contributed by atoms with Gasteiger partial charge in [-0.3, -0.25) is 14.4 Å². The van der Waals surface area contributed by atoms with E-state index in [-0.39, 0.29) is 35.4 Å². The average Bonchev–Trinajstić information content (AvgIpc) is 2.91. The molecule has 2 aliphatic rings. The second-order valence-electron chi connectivity index (χ2n) is 10.6. The Balaban J connectivity index is 2.64. The Morgan fingerprint density at radius 1 is 0.976 bits per heavy atom. The molecule has 3 N–H and O–H groups in total. The van der Waals surface area contributed by atoms with E-state index >= 15 is 0 Å². The van der Waals surface area contributed by atoms with Crippen LogP contribution in [0.15, 0.2) is 47.1 Å². The van der Waals surface area contributed by atoms with Gasteiger partial charge in [0.15, 0.2) is 17.7 Å². The third-order valence-corrected chi connectivity index (χ3v) is 7.56. The number of nitrogens with one attached hydrogen (secondary N) is 1. The van der Waals surface area contributed by atoms with E-state index < -0.39 is 48.6 Å². The number of ether oxygens (including phenoxy) is 5. The summed E-state index contributed by atoms with van der Waals surface area (Å²) in [5.74, 6) is -1.64. The minimum absolute atomic E-state index is 0.144. The van der Waals surface area contributed by atoms with Crippen molar-refractivity contribution in [3.8, 4) is 0 Å². The smallest absolute Gasteiger partial charge is 0.405 e. The highest BCUT2D eigenvalue weighted by Gasteiger charge is 2.38. The predicted molar refractivity (Wildman–Crippen MR) is 152 cm³/mol. The van der Waals surface area contributed by atoms with Crippen molar-refractivity contribution in [1.82, 2.24) is 5.32 Å². The minimum atomic E-state index is -1.02. The molecule has 11 nitrogen and oxygen atoms in total. The van der Waals surface area contributed by atoms with Crippen LogP contribution in [0.3, 0.4) is 0 Å². The summed E-state index contributed by atoms with van der Waals surface area (Å²) in [5.41, 5.74) is 6.56. The van der Waals surface area contributed by atoms with E-state index in [1.807, 2.05) is 19.9 Å². The van der Waals surface area contributed by atoms with Gasteiger partial charge < -0.3 is 34.7 Å². The number of fused-ring (bicyclic) bond motifs is 2. The normalized spacial score (nSPS) is 35.8. The number of carbonyl (C=O) groups is 4. The summed E-state index contributed by atoms with van der Waals surface area (Å²) in [6, 6.07) is -1.02. The van der Waals surface area contributed by atoms with Crippen LogP contribution in [0.5, 0.6) is 0 Å². The zero-order chi connectivity index (χ0) is 30.9.